The zero-order chi connectivity index (χ0) is 30.0. The van der Waals surface area contributed by atoms with Gasteiger partial charge in [-0.05, 0) is 23.8 Å². The molecule has 8 aromatic rings. The van der Waals surface area contributed by atoms with Crippen LogP contribution in [0.1, 0.15) is 0 Å². The number of imidazole rings is 1. The molecule has 8 rings (SSSR count). The van der Waals surface area contributed by atoms with Crippen LogP contribution in [0.3, 0.4) is 0 Å². The molecule has 0 spiro atoms. The Hall–Kier alpha value is -6.20. The number of aromatic nitrogens is 5. The summed E-state index contributed by atoms with van der Waals surface area (Å²) >= 11 is 0. The molecule has 5 heteroatoms. The molecule has 5 nitrogen and oxygen atoms in total. The first kappa shape index (κ1) is 26.4. The van der Waals surface area contributed by atoms with Gasteiger partial charge in [0.2, 0.25) is 0 Å². The molecule has 0 unspecified atom stereocenters. The molecule has 0 atom stereocenters. The van der Waals surface area contributed by atoms with E-state index >= 15 is 0 Å². The fourth-order valence-corrected chi connectivity index (χ4v) is 5.78. The minimum Gasteiger partial charge on any atom is -0.292 e. The van der Waals surface area contributed by atoms with Crippen LogP contribution in [0, 0.1) is 0 Å². The Labute approximate surface area is 261 Å². The highest BCUT2D eigenvalue weighted by Gasteiger charge is 2.22. The second kappa shape index (κ2) is 11.5. The molecule has 0 N–H and O–H groups in total. The van der Waals surface area contributed by atoms with E-state index in [0.717, 1.165) is 55.9 Å². The lowest BCUT2D eigenvalue weighted by atomic mass is 10.0. The second-order valence-electron chi connectivity index (χ2n) is 10.7. The maximum atomic E-state index is 5.23. The van der Waals surface area contributed by atoms with Crippen molar-refractivity contribution in [2.75, 3.05) is 0 Å². The SMILES string of the molecule is c1ccc(-c2nc(-c3ccccc3)nc(-c3ccccc3-c3nc4ccccc4n3-c3ccccc3-c3ccccc3)n2)cc1. The van der Waals surface area contributed by atoms with Crippen LogP contribution in [0.25, 0.3) is 73.4 Å². The molecule has 0 aliphatic heterocycles. The van der Waals surface area contributed by atoms with Crippen LogP contribution in [-0.2, 0) is 0 Å². The van der Waals surface area contributed by atoms with Crippen LogP contribution in [0.15, 0.2) is 164 Å². The number of benzene rings is 6. The Morgan fingerprint density at radius 1 is 0.333 bits per heavy atom. The zero-order valence-electron chi connectivity index (χ0n) is 24.3. The summed E-state index contributed by atoms with van der Waals surface area (Å²) in [5.41, 5.74) is 8.92. The highest BCUT2D eigenvalue weighted by atomic mass is 15.1. The highest BCUT2D eigenvalue weighted by Crippen LogP contribution is 2.38. The molecule has 6 aromatic carbocycles. The van der Waals surface area contributed by atoms with Gasteiger partial charge in [0.1, 0.15) is 5.82 Å². The maximum Gasteiger partial charge on any atom is 0.164 e. The summed E-state index contributed by atoms with van der Waals surface area (Å²) in [7, 11) is 0. The van der Waals surface area contributed by atoms with Crippen LogP contribution in [0.2, 0.25) is 0 Å². The molecule has 2 heterocycles. The van der Waals surface area contributed by atoms with Crippen molar-refractivity contribution in [3.05, 3.63) is 164 Å². The standard InChI is InChI=1S/C40H27N5/c1-4-16-28(17-5-1)31-22-12-14-26-35(31)45-36-27-15-13-25-34(36)41-40(45)33-24-11-10-23-32(33)39-43-37(29-18-6-2-7-19-29)42-38(44-39)30-20-8-3-9-21-30/h1-27H. The number of hydrogen-bond donors (Lipinski definition) is 0. The third-order valence-corrected chi connectivity index (χ3v) is 7.90. The average Bonchev–Trinajstić information content (AvgIpc) is 3.52. The van der Waals surface area contributed by atoms with E-state index in [1.54, 1.807) is 0 Å². The molecule has 0 aliphatic rings. The first-order chi connectivity index (χ1) is 22.3. The predicted molar refractivity (Wildman–Crippen MR) is 182 cm³/mol. The normalized spacial score (nSPS) is 11.1. The quantitative estimate of drug-likeness (QED) is 0.197. The Balaban J connectivity index is 1.39. The number of para-hydroxylation sites is 3. The van der Waals surface area contributed by atoms with Gasteiger partial charge in [0.15, 0.2) is 17.5 Å². The summed E-state index contributed by atoms with van der Waals surface area (Å²) in [6.45, 7) is 0. The van der Waals surface area contributed by atoms with E-state index < -0.39 is 0 Å². The molecule has 0 bridgehead atoms. The van der Waals surface area contributed by atoms with E-state index in [4.69, 9.17) is 19.9 Å². The van der Waals surface area contributed by atoms with Crippen molar-refractivity contribution in [1.29, 1.82) is 0 Å². The fraction of sp³-hybridized carbons (Fsp3) is 0. The van der Waals surface area contributed by atoms with E-state index in [9.17, 15) is 0 Å². The Bertz CT molecular complexity index is 2200. The number of rotatable bonds is 6. The van der Waals surface area contributed by atoms with Crippen LogP contribution in [-0.4, -0.2) is 24.5 Å². The van der Waals surface area contributed by atoms with Gasteiger partial charge in [-0.3, -0.25) is 4.57 Å². The fourth-order valence-electron chi connectivity index (χ4n) is 5.78. The summed E-state index contributed by atoms with van der Waals surface area (Å²) in [5.74, 6) is 2.65. The lowest BCUT2D eigenvalue weighted by Crippen LogP contribution is -2.03. The van der Waals surface area contributed by atoms with Gasteiger partial charge in [0, 0.05) is 27.8 Å². The largest absolute Gasteiger partial charge is 0.292 e. The van der Waals surface area contributed by atoms with Gasteiger partial charge < -0.3 is 0 Å². The molecular weight excluding hydrogens is 550 g/mol. The van der Waals surface area contributed by atoms with Crippen molar-refractivity contribution in [3.8, 4) is 62.4 Å². The monoisotopic (exact) mass is 577 g/mol. The Kier molecular flexibility index (Phi) is 6.74. The molecule has 0 aliphatic carbocycles. The van der Waals surface area contributed by atoms with Gasteiger partial charge in [0.25, 0.3) is 0 Å². The molecule has 212 valence electrons. The first-order valence-electron chi connectivity index (χ1n) is 14.9. The molecule has 0 saturated heterocycles. The van der Waals surface area contributed by atoms with Crippen molar-refractivity contribution in [2.45, 2.75) is 0 Å². The molecule has 0 amide bonds. The zero-order valence-corrected chi connectivity index (χ0v) is 24.3. The molecule has 0 saturated carbocycles. The van der Waals surface area contributed by atoms with Crippen LogP contribution < -0.4 is 0 Å². The third kappa shape index (κ3) is 4.96. The van der Waals surface area contributed by atoms with Gasteiger partial charge in [-0.25, -0.2) is 19.9 Å². The molecule has 0 radical (unpaired) electrons. The summed E-state index contributed by atoms with van der Waals surface area (Å²) in [6, 6.07) is 55.6. The van der Waals surface area contributed by atoms with E-state index in [2.05, 4.69) is 83.4 Å². The number of nitrogens with zero attached hydrogens (tertiary/aromatic N) is 5. The van der Waals surface area contributed by atoms with Crippen molar-refractivity contribution < 1.29 is 0 Å². The van der Waals surface area contributed by atoms with Gasteiger partial charge in [0.05, 0.1) is 16.7 Å². The second-order valence-corrected chi connectivity index (χ2v) is 10.7. The van der Waals surface area contributed by atoms with E-state index in [1.807, 2.05) is 84.9 Å². The van der Waals surface area contributed by atoms with E-state index in [0.29, 0.717) is 17.5 Å². The first-order valence-corrected chi connectivity index (χ1v) is 14.9. The van der Waals surface area contributed by atoms with Gasteiger partial charge in [-0.2, -0.15) is 0 Å². The summed E-state index contributed by atoms with van der Waals surface area (Å²) in [6.07, 6.45) is 0. The van der Waals surface area contributed by atoms with Gasteiger partial charge in [-0.15, -0.1) is 0 Å². The molecule has 45 heavy (non-hydrogen) atoms. The Morgan fingerprint density at radius 2 is 0.800 bits per heavy atom. The average molecular weight is 578 g/mol. The predicted octanol–water partition coefficient (Wildman–Crippen LogP) is 9.55. The maximum absolute atomic E-state index is 5.23. The van der Waals surface area contributed by atoms with Crippen LogP contribution >= 0.6 is 0 Å². The molecular formula is C40H27N5. The van der Waals surface area contributed by atoms with E-state index in [-0.39, 0.29) is 0 Å². The topological polar surface area (TPSA) is 56.5 Å². The molecule has 2 aromatic heterocycles. The van der Waals surface area contributed by atoms with Crippen molar-refractivity contribution >= 4 is 11.0 Å². The van der Waals surface area contributed by atoms with Crippen molar-refractivity contribution in [2.24, 2.45) is 0 Å². The van der Waals surface area contributed by atoms with Crippen LogP contribution in [0.5, 0.6) is 0 Å². The lowest BCUT2D eigenvalue weighted by Gasteiger charge is -2.16. The van der Waals surface area contributed by atoms with E-state index in [1.165, 1.54) is 0 Å². The number of hydrogen-bond acceptors (Lipinski definition) is 4. The van der Waals surface area contributed by atoms with Crippen molar-refractivity contribution in [1.82, 2.24) is 24.5 Å². The lowest BCUT2D eigenvalue weighted by molar-refractivity contribution is 1.07. The summed E-state index contributed by atoms with van der Waals surface area (Å²) < 4.78 is 2.26. The van der Waals surface area contributed by atoms with Gasteiger partial charge >= 0.3 is 0 Å². The highest BCUT2D eigenvalue weighted by molar-refractivity contribution is 5.89. The smallest absolute Gasteiger partial charge is 0.164 e. The minimum absolute atomic E-state index is 0.591. The summed E-state index contributed by atoms with van der Waals surface area (Å²) in [5, 5.41) is 0. The van der Waals surface area contributed by atoms with Crippen molar-refractivity contribution in [3.63, 3.8) is 0 Å². The van der Waals surface area contributed by atoms with Crippen LogP contribution in [0.4, 0.5) is 0 Å². The third-order valence-electron chi connectivity index (χ3n) is 7.90. The molecule has 0 fully saturated rings. The number of fused-ring (bicyclic) bond motifs is 1. The summed E-state index contributed by atoms with van der Waals surface area (Å²) in [4.78, 5) is 20.2. The minimum atomic E-state index is 0.591. The van der Waals surface area contributed by atoms with Gasteiger partial charge in [-0.1, -0.05) is 146 Å². The Morgan fingerprint density at radius 3 is 1.44 bits per heavy atom.